The number of aryl methyl sites for hydroxylation is 1. The minimum absolute atomic E-state index is 0.273. The molecule has 3 nitrogen and oxygen atoms in total. The van der Waals surface area contributed by atoms with E-state index < -0.39 is 5.97 Å². The summed E-state index contributed by atoms with van der Waals surface area (Å²) in [4.78, 5) is 15.4. The van der Waals surface area contributed by atoms with Gasteiger partial charge in [0.1, 0.15) is 4.88 Å². The maximum absolute atomic E-state index is 10.9. The Hall–Kier alpha value is -1.10. The van der Waals surface area contributed by atoms with Crippen molar-refractivity contribution in [1.29, 1.82) is 0 Å². The second-order valence-electron chi connectivity index (χ2n) is 3.74. The highest BCUT2D eigenvalue weighted by Gasteiger charge is 2.14. The summed E-state index contributed by atoms with van der Waals surface area (Å²) in [5.74, 6) is -0.946. The number of aromatic nitrogens is 1. The summed E-state index contributed by atoms with van der Waals surface area (Å²) < 4.78 is 0. The quantitative estimate of drug-likeness (QED) is 0.930. The number of hydrogen-bond donors (Lipinski definition) is 1. The molecule has 0 fully saturated rings. The second kappa shape index (κ2) is 5.26. The number of benzene rings is 1. The van der Waals surface area contributed by atoms with Crippen LogP contribution in [0.4, 0.5) is 0 Å². The number of carboxylic acids is 1. The normalized spacial score (nSPS) is 10.6. The van der Waals surface area contributed by atoms with Crippen LogP contribution in [0.25, 0.3) is 0 Å². The van der Waals surface area contributed by atoms with Gasteiger partial charge in [-0.15, -0.1) is 11.3 Å². The molecule has 18 heavy (non-hydrogen) atoms. The van der Waals surface area contributed by atoms with Crippen molar-refractivity contribution in [1.82, 2.24) is 4.98 Å². The van der Waals surface area contributed by atoms with Gasteiger partial charge in [0, 0.05) is 16.5 Å². The lowest BCUT2D eigenvalue weighted by molar-refractivity contribution is 0.0701. The highest BCUT2D eigenvalue weighted by atomic mass is 35.5. The summed E-state index contributed by atoms with van der Waals surface area (Å²) in [6.45, 7) is 1.69. The fraction of sp³-hybridized carbons (Fsp3) is 0.167. The lowest BCUT2D eigenvalue weighted by atomic mass is 10.1. The van der Waals surface area contributed by atoms with Crippen LogP contribution in [0.3, 0.4) is 0 Å². The van der Waals surface area contributed by atoms with Crippen molar-refractivity contribution in [2.24, 2.45) is 0 Å². The number of carboxylic acid groups (broad SMARTS) is 1. The molecule has 0 amide bonds. The zero-order chi connectivity index (χ0) is 13.3. The summed E-state index contributed by atoms with van der Waals surface area (Å²) in [5.41, 5.74) is 1.42. The molecule has 0 aliphatic heterocycles. The molecule has 0 unspecified atom stereocenters. The minimum atomic E-state index is -0.946. The summed E-state index contributed by atoms with van der Waals surface area (Å²) in [6, 6.07) is 5.24. The van der Waals surface area contributed by atoms with Gasteiger partial charge in [-0.05, 0) is 24.6 Å². The van der Waals surface area contributed by atoms with E-state index in [-0.39, 0.29) is 4.88 Å². The van der Waals surface area contributed by atoms with E-state index in [1.165, 1.54) is 11.3 Å². The van der Waals surface area contributed by atoms with Crippen molar-refractivity contribution in [2.75, 3.05) is 0 Å². The highest BCUT2D eigenvalue weighted by Crippen LogP contribution is 2.26. The van der Waals surface area contributed by atoms with E-state index in [2.05, 4.69) is 4.98 Å². The molecule has 1 N–H and O–H groups in total. The molecule has 0 aliphatic rings. The first kappa shape index (κ1) is 13.3. The Labute approximate surface area is 118 Å². The van der Waals surface area contributed by atoms with Gasteiger partial charge in [-0.3, -0.25) is 0 Å². The van der Waals surface area contributed by atoms with Gasteiger partial charge < -0.3 is 5.11 Å². The van der Waals surface area contributed by atoms with E-state index in [1.54, 1.807) is 19.1 Å². The maximum Gasteiger partial charge on any atom is 0.347 e. The average Bonchev–Trinajstić information content (AvgIpc) is 2.64. The molecule has 2 aromatic rings. The zero-order valence-electron chi connectivity index (χ0n) is 9.41. The Balaban J connectivity index is 2.29. The first-order valence-electron chi connectivity index (χ1n) is 5.11. The van der Waals surface area contributed by atoms with Crippen LogP contribution in [0.15, 0.2) is 18.2 Å². The van der Waals surface area contributed by atoms with Crippen LogP contribution in [0.5, 0.6) is 0 Å². The van der Waals surface area contributed by atoms with Crippen LogP contribution < -0.4 is 0 Å². The predicted molar refractivity (Wildman–Crippen MR) is 73.1 cm³/mol. The Kier molecular flexibility index (Phi) is 3.90. The van der Waals surface area contributed by atoms with Crippen LogP contribution in [0.1, 0.15) is 25.9 Å². The Bertz CT molecular complexity index is 610. The van der Waals surface area contributed by atoms with E-state index in [0.29, 0.717) is 22.2 Å². The van der Waals surface area contributed by atoms with Gasteiger partial charge in [0.2, 0.25) is 0 Å². The third-order valence-electron chi connectivity index (χ3n) is 2.39. The van der Waals surface area contributed by atoms with Crippen molar-refractivity contribution < 1.29 is 9.90 Å². The van der Waals surface area contributed by atoms with E-state index in [4.69, 9.17) is 28.3 Å². The van der Waals surface area contributed by atoms with E-state index in [1.807, 2.05) is 6.07 Å². The molecule has 0 aliphatic carbocycles. The summed E-state index contributed by atoms with van der Waals surface area (Å²) >= 11 is 13.1. The average molecular weight is 302 g/mol. The van der Waals surface area contributed by atoms with Crippen LogP contribution in [-0.4, -0.2) is 16.1 Å². The van der Waals surface area contributed by atoms with Crippen molar-refractivity contribution in [3.8, 4) is 0 Å². The molecule has 2 rings (SSSR count). The van der Waals surface area contributed by atoms with Gasteiger partial charge in [-0.1, -0.05) is 29.3 Å². The molecular formula is C12H9Cl2NO2S. The predicted octanol–water partition coefficient (Wildman–Crippen LogP) is 4.05. The van der Waals surface area contributed by atoms with Crippen molar-refractivity contribution in [3.05, 3.63) is 49.4 Å². The van der Waals surface area contributed by atoms with E-state index in [0.717, 1.165) is 10.6 Å². The van der Waals surface area contributed by atoms with E-state index in [9.17, 15) is 4.79 Å². The van der Waals surface area contributed by atoms with Crippen LogP contribution in [-0.2, 0) is 6.42 Å². The van der Waals surface area contributed by atoms with Gasteiger partial charge >= 0.3 is 5.97 Å². The van der Waals surface area contributed by atoms with Gasteiger partial charge in [-0.2, -0.15) is 0 Å². The lowest BCUT2D eigenvalue weighted by Crippen LogP contribution is -1.94. The molecule has 94 valence electrons. The highest BCUT2D eigenvalue weighted by molar-refractivity contribution is 7.13. The van der Waals surface area contributed by atoms with Gasteiger partial charge in [-0.25, -0.2) is 9.78 Å². The number of carbonyl (C=O) groups is 1. The number of rotatable bonds is 3. The molecule has 1 aromatic carbocycles. The van der Waals surface area contributed by atoms with Crippen molar-refractivity contribution >= 4 is 40.5 Å². The molecule has 0 bridgehead atoms. The molecule has 0 saturated carbocycles. The largest absolute Gasteiger partial charge is 0.477 e. The molecule has 1 heterocycles. The Morgan fingerprint density at radius 3 is 2.72 bits per heavy atom. The van der Waals surface area contributed by atoms with Gasteiger partial charge in [0.25, 0.3) is 0 Å². The van der Waals surface area contributed by atoms with Crippen molar-refractivity contribution in [2.45, 2.75) is 13.3 Å². The molecule has 0 atom stereocenters. The topological polar surface area (TPSA) is 50.2 Å². The van der Waals surface area contributed by atoms with E-state index >= 15 is 0 Å². The Morgan fingerprint density at radius 2 is 2.17 bits per heavy atom. The fourth-order valence-corrected chi connectivity index (χ4v) is 2.96. The fourth-order valence-electron chi connectivity index (χ4n) is 1.55. The molecule has 0 radical (unpaired) electrons. The standard InChI is InChI=1S/C12H9Cl2NO2S/c1-6-11(12(16)17)18-10(15-6)4-7-2-3-8(13)5-9(7)14/h2-3,5H,4H2,1H3,(H,16,17). The third-order valence-corrected chi connectivity index (χ3v) is 4.12. The van der Waals surface area contributed by atoms with Gasteiger partial charge in [0.05, 0.1) is 10.7 Å². The summed E-state index contributed by atoms with van der Waals surface area (Å²) in [6.07, 6.45) is 0.509. The summed E-state index contributed by atoms with van der Waals surface area (Å²) in [5, 5.41) is 10.8. The number of halogens is 2. The molecule has 1 aromatic heterocycles. The van der Waals surface area contributed by atoms with Crippen LogP contribution >= 0.6 is 34.5 Å². The molecule has 6 heteroatoms. The van der Waals surface area contributed by atoms with Crippen LogP contribution in [0, 0.1) is 6.92 Å². The van der Waals surface area contributed by atoms with Crippen molar-refractivity contribution in [3.63, 3.8) is 0 Å². The minimum Gasteiger partial charge on any atom is -0.477 e. The third kappa shape index (κ3) is 2.83. The Morgan fingerprint density at radius 1 is 1.44 bits per heavy atom. The first-order valence-corrected chi connectivity index (χ1v) is 6.68. The first-order chi connectivity index (χ1) is 8.47. The smallest absolute Gasteiger partial charge is 0.347 e. The lowest BCUT2D eigenvalue weighted by Gasteiger charge is -2.01. The number of nitrogens with zero attached hydrogens (tertiary/aromatic N) is 1. The van der Waals surface area contributed by atoms with Gasteiger partial charge in [0.15, 0.2) is 0 Å². The number of aromatic carboxylic acids is 1. The molecule has 0 saturated heterocycles. The maximum atomic E-state index is 10.9. The van der Waals surface area contributed by atoms with Crippen LogP contribution in [0.2, 0.25) is 10.0 Å². The number of hydrogen-bond acceptors (Lipinski definition) is 3. The molecular weight excluding hydrogens is 293 g/mol. The zero-order valence-corrected chi connectivity index (χ0v) is 11.7. The second-order valence-corrected chi connectivity index (χ2v) is 5.67. The monoisotopic (exact) mass is 301 g/mol. The number of thiazole rings is 1. The summed E-state index contributed by atoms with van der Waals surface area (Å²) in [7, 11) is 0. The molecule has 0 spiro atoms. The SMILES string of the molecule is Cc1nc(Cc2ccc(Cl)cc2Cl)sc1C(=O)O.